The quantitative estimate of drug-likeness (QED) is 0.143. The summed E-state index contributed by atoms with van der Waals surface area (Å²) in [6.07, 6.45) is 6.73. The van der Waals surface area contributed by atoms with E-state index in [2.05, 4.69) is 20.5 Å². The fraction of sp³-hybridized carbons (Fsp3) is 0.481. The number of H-pyrrole nitrogens is 1. The summed E-state index contributed by atoms with van der Waals surface area (Å²) in [7, 11) is -3.55. The molecule has 10 nitrogen and oxygen atoms in total. The van der Waals surface area contributed by atoms with Crippen LogP contribution < -0.4 is 10.6 Å². The number of ether oxygens (including phenoxy) is 1. The third kappa shape index (κ3) is 10.9. The molecule has 1 aliphatic rings. The SMILES string of the molecule is CC=CNC(=O)C(C=CCS(=O)(=O)CC(=CCl)CCl)=Cc1[nH]c(C)c(C(=O)NCC(O)CN2CCOCC2)c1C. The Morgan fingerprint density at radius 2 is 1.95 bits per heavy atom. The van der Waals surface area contributed by atoms with Gasteiger partial charge in [0.15, 0.2) is 9.84 Å². The lowest BCUT2D eigenvalue weighted by molar-refractivity contribution is -0.116. The van der Waals surface area contributed by atoms with Gasteiger partial charge in [-0.05, 0) is 44.2 Å². The zero-order chi connectivity index (χ0) is 29.7. The van der Waals surface area contributed by atoms with Gasteiger partial charge in [0.1, 0.15) is 0 Å². The number of aromatic amines is 1. The molecule has 1 saturated heterocycles. The molecule has 0 spiro atoms. The predicted molar refractivity (Wildman–Crippen MR) is 159 cm³/mol. The number of amides is 2. The van der Waals surface area contributed by atoms with Gasteiger partial charge in [-0.1, -0.05) is 29.8 Å². The molecule has 1 fully saturated rings. The van der Waals surface area contributed by atoms with Crippen molar-refractivity contribution >= 4 is 50.9 Å². The van der Waals surface area contributed by atoms with E-state index < -0.39 is 21.8 Å². The Hall–Kier alpha value is -2.41. The van der Waals surface area contributed by atoms with Gasteiger partial charge in [0.2, 0.25) is 0 Å². The van der Waals surface area contributed by atoms with Crippen molar-refractivity contribution in [1.29, 1.82) is 0 Å². The smallest absolute Gasteiger partial charge is 0.255 e. The highest BCUT2D eigenvalue weighted by Crippen LogP contribution is 2.21. The Balaban J connectivity index is 2.20. The van der Waals surface area contributed by atoms with E-state index in [4.69, 9.17) is 27.9 Å². The van der Waals surface area contributed by atoms with Crippen LogP contribution in [0, 0.1) is 13.8 Å². The van der Waals surface area contributed by atoms with Crippen molar-refractivity contribution in [1.82, 2.24) is 20.5 Å². The van der Waals surface area contributed by atoms with Gasteiger partial charge in [0, 0.05) is 54.6 Å². The first kappa shape index (κ1) is 33.8. The number of rotatable bonds is 14. The first-order valence-corrected chi connectivity index (χ1v) is 15.6. The van der Waals surface area contributed by atoms with Gasteiger partial charge in [0.25, 0.3) is 11.8 Å². The minimum absolute atomic E-state index is 0.00243. The average molecular weight is 618 g/mol. The van der Waals surface area contributed by atoms with Gasteiger partial charge >= 0.3 is 0 Å². The largest absolute Gasteiger partial charge is 0.390 e. The summed E-state index contributed by atoms with van der Waals surface area (Å²) in [5.41, 5.74) is 3.82. The molecule has 2 rings (SSSR count). The van der Waals surface area contributed by atoms with E-state index in [-0.39, 0.29) is 35.4 Å². The maximum Gasteiger partial charge on any atom is 0.255 e. The molecule has 0 radical (unpaired) electrons. The number of nitrogens with one attached hydrogen (secondary N) is 3. The van der Waals surface area contributed by atoms with Crippen LogP contribution in [0.15, 0.2) is 41.1 Å². The van der Waals surface area contributed by atoms with Crippen LogP contribution in [-0.4, -0.2) is 98.1 Å². The number of β-amino-alcohol motifs (C(OH)–C–C–N with tert-alkyl or cyclic N) is 1. The molecule has 1 aromatic rings. The van der Waals surface area contributed by atoms with E-state index >= 15 is 0 Å². The molecule has 13 heteroatoms. The van der Waals surface area contributed by atoms with Crippen LogP contribution in [0.5, 0.6) is 0 Å². The molecule has 2 amide bonds. The molecule has 2 heterocycles. The summed E-state index contributed by atoms with van der Waals surface area (Å²) in [5, 5.41) is 15.8. The van der Waals surface area contributed by atoms with E-state index in [1.807, 2.05) is 0 Å². The molecule has 0 aliphatic carbocycles. The minimum Gasteiger partial charge on any atom is -0.390 e. The number of aliphatic hydroxyl groups excluding tert-OH is 1. The fourth-order valence-electron chi connectivity index (χ4n) is 4.05. The number of sulfone groups is 1. The molecule has 4 N–H and O–H groups in total. The standard InChI is InChI=1S/C27H38Cl2N4O6S/c1-4-7-30-26(35)22(6-5-12-40(37,38)18-21(14-28)15-29)13-24-19(2)25(20(3)32-24)27(36)31-16-23(34)17-33-8-10-39-11-9-33/h4-7,13-14,23,32,34H,8-12,15-18H2,1-3H3,(H,30,35)(H,31,36). The van der Waals surface area contributed by atoms with Gasteiger partial charge in [-0.15, -0.1) is 11.6 Å². The maximum absolute atomic E-state index is 13.0. The van der Waals surface area contributed by atoms with Gasteiger partial charge in [-0.2, -0.15) is 0 Å². The highest BCUT2D eigenvalue weighted by molar-refractivity contribution is 7.91. The summed E-state index contributed by atoms with van der Waals surface area (Å²) >= 11 is 11.3. The van der Waals surface area contributed by atoms with Crippen LogP contribution in [0.3, 0.4) is 0 Å². The number of morpholine rings is 1. The lowest BCUT2D eigenvalue weighted by Crippen LogP contribution is -2.44. The van der Waals surface area contributed by atoms with Gasteiger partial charge in [-0.3, -0.25) is 14.5 Å². The number of aryl methyl sites for hydroxylation is 1. The van der Waals surface area contributed by atoms with E-state index in [0.717, 1.165) is 18.6 Å². The van der Waals surface area contributed by atoms with Crippen molar-refractivity contribution < 1.29 is 27.9 Å². The van der Waals surface area contributed by atoms with Crippen molar-refractivity contribution in [3.8, 4) is 0 Å². The first-order chi connectivity index (χ1) is 19.0. The normalized spacial score (nSPS) is 16.6. The van der Waals surface area contributed by atoms with Crippen molar-refractivity contribution in [2.24, 2.45) is 0 Å². The van der Waals surface area contributed by atoms with Gasteiger partial charge in [0.05, 0.1) is 36.4 Å². The predicted octanol–water partition coefficient (Wildman–Crippen LogP) is 2.42. The van der Waals surface area contributed by atoms with E-state index in [1.54, 1.807) is 32.9 Å². The lowest BCUT2D eigenvalue weighted by atomic mass is 10.1. The lowest BCUT2D eigenvalue weighted by Gasteiger charge is -2.28. The molecular weight excluding hydrogens is 579 g/mol. The number of aliphatic hydroxyl groups is 1. The Bertz CT molecular complexity index is 1250. The van der Waals surface area contributed by atoms with Crippen LogP contribution in [-0.2, 0) is 19.4 Å². The molecular formula is C27H38Cl2N4O6S. The van der Waals surface area contributed by atoms with Crippen LogP contribution >= 0.6 is 23.2 Å². The molecule has 0 bridgehead atoms. The van der Waals surface area contributed by atoms with Crippen LogP contribution in [0.1, 0.15) is 34.2 Å². The average Bonchev–Trinajstić information content (AvgIpc) is 3.21. The van der Waals surface area contributed by atoms with Crippen molar-refractivity contribution in [2.75, 3.05) is 56.8 Å². The molecule has 1 unspecified atom stereocenters. The fourth-order valence-corrected chi connectivity index (χ4v) is 5.92. The number of allylic oxidation sites excluding steroid dienone is 1. The van der Waals surface area contributed by atoms with E-state index in [1.165, 1.54) is 18.4 Å². The number of carbonyl (C=O) groups excluding carboxylic acids is 2. The molecule has 0 aromatic carbocycles. The van der Waals surface area contributed by atoms with Crippen molar-refractivity contribution in [2.45, 2.75) is 26.9 Å². The Kier molecular flexibility index (Phi) is 14.2. The van der Waals surface area contributed by atoms with Crippen LogP contribution in [0.25, 0.3) is 6.08 Å². The maximum atomic E-state index is 13.0. The number of halogens is 2. The molecule has 40 heavy (non-hydrogen) atoms. The zero-order valence-corrected chi connectivity index (χ0v) is 25.3. The zero-order valence-electron chi connectivity index (χ0n) is 23.0. The third-order valence-electron chi connectivity index (χ3n) is 6.10. The van der Waals surface area contributed by atoms with Crippen molar-refractivity contribution in [3.63, 3.8) is 0 Å². The Labute approximate surface area is 246 Å². The first-order valence-electron chi connectivity index (χ1n) is 12.8. The Morgan fingerprint density at radius 3 is 2.58 bits per heavy atom. The highest BCUT2D eigenvalue weighted by Gasteiger charge is 2.21. The highest BCUT2D eigenvalue weighted by atomic mass is 35.5. The molecule has 1 aromatic heterocycles. The number of aromatic nitrogens is 1. The number of hydrogen-bond acceptors (Lipinski definition) is 7. The summed E-state index contributed by atoms with van der Waals surface area (Å²) in [4.78, 5) is 31.0. The number of nitrogens with zero attached hydrogens (tertiary/aromatic N) is 1. The van der Waals surface area contributed by atoms with Crippen LogP contribution in [0.2, 0.25) is 0 Å². The monoisotopic (exact) mass is 616 g/mol. The Morgan fingerprint density at radius 1 is 1.25 bits per heavy atom. The second kappa shape index (κ2) is 16.8. The van der Waals surface area contributed by atoms with Gasteiger partial charge < -0.3 is 25.5 Å². The second-order valence-electron chi connectivity index (χ2n) is 9.37. The molecule has 0 saturated carbocycles. The topological polar surface area (TPSA) is 141 Å². The second-order valence-corrected chi connectivity index (χ2v) is 12.0. The number of carbonyl (C=O) groups is 2. The van der Waals surface area contributed by atoms with Crippen LogP contribution in [0.4, 0.5) is 0 Å². The van der Waals surface area contributed by atoms with Crippen molar-refractivity contribution in [3.05, 3.63) is 63.6 Å². The summed E-state index contributed by atoms with van der Waals surface area (Å²) < 4.78 is 30.2. The van der Waals surface area contributed by atoms with E-state index in [9.17, 15) is 23.1 Å². The number of hydrogen-bond donors (Lipinski definition) is 4. The van der Waals surface area contributed by atoms with E-state index in [0.29, 0.717) is 47.8 Å². The third-order valence-corrected chi connectivity index (χ3v) is 8.26. The molecule has 1 atom stereocenters. The molecule has 1 aliphatic heterocycles. The minimum atomic E-state index is -3.55. The number of alkyl halides is 1. The molecule has 222 valence electrons. The van der Waals surface area contributed by atoms with Gasteiger partial charge in [-0.25, -0.2) is 8.42 Å². The summed E-state index contributed by atoms with van der Waals surface area (Å²) in [6, 6.07) is 0. The summed E-state index contributed by atoms with van der Waals surface area (Å²) in [5.74, 6) is -1.43. The summed E-state index contributed by atoms with van der Waals surface area (Å²) in [6.45, 7) is 8.47.